The zero-order valence-corrected chi connectivity index (χ0v) is 19.2. The van der Waals surface area contributed by atoms with Gasteiger partial charge in [0.15, 0.2) is 11.5 Å². The van der Waals surface area contributed by atoms with Crippen molar-refractivity contribution in [3.63, 3.8) is 0 Å². The number of aliphatic carboxylic acids is 1. The highest BCUT2D eigenvalue weighted by molar-refractivity contribution is 5.85. The van der Waals surface area contributed by atoms with Crippen LogP contribution in [0, 0.1) is 0 Å². The molecule has 1 saturated carbocycles. The molecule has 1 spiro atoms. The van der Waals surface area contributed by atoms with Gasteiger partial charge in [-0.1, -0.05) is 6.07 Å². The van der Waals surface area contributed by atoms with E-state index in [0.29, 0.717) is 12.2 Å². The van der Waals surface area contributed by atoms with Crippen LogP contribution in [0.5, 0.6) is 11.5 Å². The van der Waals surface area contributed by atoms with E-state index in [4.69, 9.17) is 9.47 Å². The van der Waals surface area contributed by atoms with Crippen LogP contribution in [0.4, 0.5) is 0 Å². The van der Waals surface area contributed by atoms with E-state index in [9.17, 15) is 20.1 Å². The number of phenolic OH excluding ortho intramolecular Hbond substituents is 1. The number of nitrogens with zero attached hydrogens (tertiary/aromatic N) is 1. The molecule has 2 bridgehead atoms. The molecule has 1 aromatic carbocycles. The smallest absolute Gasteiger partial charge is 0.323 e. The Morgan fingerprint density at radius 1 is 1.39 bits per heavy atom. The van der Waals surface area contributed by atoms with Gasteiger partial charge >= 0.3 is 5.97 Å². The number of aliphatic hydroxyl groups excluding tert-OH is 1. The summed E-state index contributed by atoms with van der Waals surface area (Å²) in [5.41, 5.74) is 1.28. The van der Waals surface area contributed by atoms with E-state index >= 15 is 0 Å². The van der Waals surface area contributed by atoms with E-state index in [-0.39, 0.29) is 48.8 Å². The van der Waals surface area contributed by atoms with Gasteiger partial charge in [0.05, 0.1) is 17.6 Å². The number of aliphatic hydroxyl groups is 1. The summed E-state index contributed by atoms with van der Waals surface area (Å²) in [6, 6.07) is 2.53. The van der Waals surface area contributed by atoms with Crippen molar-refractivity contribution in [3.05, 3.63) is 23.3 Å². The number of rotatable bonds is 5. The summed E-state index contributed by atoms with van der Waals surface area (Å²) < 4.78 is 12.8. The molecular weight excluding hydrogens is 447 g/mol. The fraction of sp³-hybridized carbons (Fsp3) is 0.667. The molecule has 2 aliphatic heterocycles. The van der Waals surface area contributed by atoms with Crippen molar-refractivity contribution in [2.75, 3.05) is 27.3 Å². The normalized spacial score (nSPS) is 35.8. The summed E-state index contributed by atoms with van der Waals surface area (Å²) in [5, 5.41) is 32.7. The molecule has 4 N–H and O–H groups in total. The Kier molecular flexibility index (Phi) is 6.48. The number of hydrogen-bond acceptors (Lipinski definition) is 7. The summed E-state index contributed by atoms with van der Waals surface area (Å²) in [6.07, 6.45) is 2.68. The van der Waals surface area contributed by atoms with E-state index in [0.717, 1.165) is 31.4 Å². The third-order valence-corrected chi connectivity index (χ3v) is 7.95. The zero-order valence-electron chi connectivity index (χ0n) is 17.5. The van der Waals surface area contributed by atoms with Gasteiger partial charge < -0.3 is 29.7 Å². The van der Waals surface area contributed by atoms with Gasteiger partial charge in [-0.25, -0.2) is 0 Å². The second-order valence-electron chi connectivity index (χ2n) is 8.89. The molecule has 2 heterocycles. The highest BCUT2D eigenvalue weighted by Crippen LogP contribution is 2.66. The van der Waals surface area contributed by atoms with Crippen molar-refractivity contribution < 1.29 is 29.6 Å². The van der Waals surface area contributed by atoms with Crippen molar-refractivity contribution in [2.24, 2.45) is 0 Å². The number of likely N-dealkylation sites (tertiary alicyclic amines) is 1. The minimum atomic E-state index is -1.09. The van der Waals surface area contributed by atoms with Gasteiger partial charge in [0, 0.05) is 24.8 Å². The number of methoxy groups -OCH3 is 1. The molecule has 0 aromatic heterocycles. The SMILES string of the molecule is CO[C@@]12CC[C@H](N[C@@H](CO)C(=O)O)[C@@H]3Oc4c(O)ccc5c4[C@@]31CCN(C)[C@@H]2C5.Cl.Cl. The summed E-state index contributed by atoms with van der Waals surface area (Å²) in [5.74, 6) is -0.454. The van der Waals surface area contributed by atoms with Gasteiger partial charge in [0.25, 0.3) is 0 Å². The predicted molar refractivity (Wildman–Crippen MR) is 118 cm³/mol. The van der Waals surface area contributed by atoms with Gasteiger partial charge in [-0.2, -0.15) is 0 Å². The molecule has 6 atom stereocenters. The Labute approximate surface area is 193 Å². The van der Waals surface area contributed by atoms with E-state index < -0.39 is 29.6 Å². The summed E-state index contributed by atoms with van der Waals surface area (Å²) >= 11 is 0. The Morgan fingerprint density at radius 2 is 2.13 bits per heavy atom. The molecule has 2 fully saturated rings. The van der Waals surface area contributed by atoms with Crippen LogP contribution in [0.1, 0.15) is 30.4 Å². The number of nitrogens with one attached hydrogen (secondary N) is 1. The molecule has 0 amide bonds. The molecule has 31 heavy (non-hydrogen) atoms. The average Bonchev–Trinajstić information content (AvgIpc) is 3.06. The molecule has 1 saturated heterocycles. The monoisotopic (exact) mass is 476 g/mol. The van der Waals surface area contributed by atoms with Crippen molar-refractivity contribution in [1.29, 1.82) is 0 Å². The van der Waals surface area contributed by atoms with Crippen LogP contribution in [0.15, 0.2) is 12.1 Å². The third kappa shape index (κ3) is 2.92. The topological polar surface area (TPSA) is 111 Å². The van der Waals surface area contributed by atoms with E-state index in [1.54, 1.807) is 13.2 Å². The predicted octanol–water partition coefficient (Wildman–Crippen LogP) is 1.08. The van der Waals surface area contributed by atoms with Gasteiger partial charge in [-0.05, 0) is 50.9 Å². The highest BCUT2D eigenvalue weighted by Gasteiger charge is 2.73. The molecule has 8 nitrogen and oxygen atoms in total. The first-order chi connectivity index (χ1) is 13.9. The fourth-order valence-electron chi connectivity index (χ4n) is 6.77. The van der Waals surface area contributed by atoms with Gasteiger partial charge in [0.2, 0.25) is 0 Å². The van der Waals surface area contributed by atoms with Crippen LogP contribution in [0.3, 0.4) is 0 Å². The second-order valence-corrected chi connectivity index (χ2v) is 8.89. The quantitative estimate of drug-likeness (QED) is 0.499. The van der Waals surface area contributed by atoms with E-state index in [1.807, 2.05) is 6.07 Å². The van der Waals surface area contributed by atoms with Gasteiger partial charge in [-0.3, -0.25) is 10.1 Å². The maximum atomic E-state index is 11.5. The molecule has 0 radical (unpaired) electrons. The number of ether oxygens (including phenoxy) is 2. The number of carboxylic acids is 1. The first-order valence-corrected chi connectivity index (χ1v) is 10.3. The first-order valence-electron chi connectivity index (χ1n) is 10.3. The molecule has 5 rings (SSSR count). The number of carboxylic acid groups (broad SMARTS) is 1. The Morgan fingerprint density at radius 3 is 2.77 bits per heavy atom. The average molecular weight is 477 g/mol. The second kappa shape index (κ2) is 8.24. The number of halogens is 2. The van der Waals surface area contributed by atoms with Gasteiger partial charge in [0.1, 0.15) is 12.1 Å². The number of piperidine rings is 1. The Bertz CT molecular complexity index is 873. The standard InChI is InChI=1S/C21H28N2O6.2ClH/c1-23-8-7-20-16-11-3-4-14(25)17(16)29-18(20)12(22-13(10-24)19(26)27)5-6-21(20,28-2)15(23)9-11;;/h3-4,12-13,15,18,22,24-25H,5-10H2,1-2H3,(H,26,27);2*1H/t12-,13-,15+,18-,20-,21+;;/m0../s1. The maximum Gasteiger partial charge on any atom is 0.323 e. The summed E-state index contributed by atoms with van der Waals surface area (Å²) in [4.78, 5) is 13.9. The number of likely N-dealkylation sites (N-methyl/N-ethyl adjacent to an activating group) is 1. The number of phenols is 1. The molecule has 174 valence electrons. The lowest BCUT2D eigenvalue weighted by atomic mass is 9.48. The maximum absolute atomic E-state index is 11.5. The first kappa shape index (κ1) is 24.4. The lowest BCUT2D eigenvalue weighted by molar-refractivity contribution is -0.204. The van der Waals surface area contributed by atoms with Crippen LogP contribution in [-0.2, 0) is 21.4 Å². The molecule has 4 aliphatic rings. The zero-order chi connectivity index (χ0) is 20.6. The largest absolute Gasteiger partial charge is 0.504 e. The number of aromatic hydroxyl groups is 1. The Balaban J connectivity index is 0.00000136. The minimum absolute atomic E-state index is 0. The number of benzene rings is 1. The van der Waals surface area contributed by atoms with Crippen molar-refractivity contribution in [3.8, 4) is 11.5 Å². The van der Waals surface area contributed by atoms with Crippen molar-refractivity contribution in [2.45, 2.75) is 60.9 Å². The van der Waals surface area contributed by atoms with Crippen LogP contribution in [0.2, 0.25) is 0 Å². The molecular formula is C21H30Cl2N2O6. The number of hydrogen-bond donors (Lipinski definition) is 4. The lowest BCUT2D eigenvalue weighted by Gasteiger charge is -2.65. The summed E-state index contributed by atoms with van der Waals surface area (Å²) in [6.45, 7) is 0.384. The van der Waals surface area contributed by atoms with Crippen LogP contribution >= 0.6 is 24.8 Å². The number of carbonyl (C=O) groups is 1. The van der Waals surface area contributed by atoms with Crippen molar-refractivity contribution in [1.82, 2.24) is 10.2 Å². The van der Waals surface area contributed by atoms with Crippen LogP contribution in [0.25, 0.3) is 0 Å². The molecule has 2 aliphatic carbocycles. The van der Waals surface area contributed by atoms with Crippen LogP contribution < -0.4 is 10.1 Å². The van der Waals surface area contributed by atoms with E-state index in [2.05, 4.69) is 17.3 Å². The lowest BCUT2D eigenvalue weighted by Crippen LogP contribution is -2.78. The summed E-state index contributed by atoms with van der Waals surface area (Å²) in [7, 11) is 3.89. The minimum Gasteiger partial charge on any atom is -0.504 e. The third-order valence-electron chi connectivity index (χ3n) is 7.95. The van der Waals surface area contributed by atoms with Crippen LogP contribution in [-0.4, -0.2) is 83.3 Å². The molecule has 0 unspecified atom stereocenters. The Hall–Kier alpha value is -1.29. The fourth-order valence-corrected chi connectivity index (χ4v) is 6.77. The highest BCUT2D eigenvalue weighted by atomic mass is 35.5. The van der Waals surface area contributed by atoms with E-state index in [1.165, 1.54) is 5.56 Å². The van der Waals surface area contributed by atoms with Crippen molar-refractivity contribution >= 4 is 30.8 Å². The molecule has 1 aromatic rings. The molecule has 10 heteroatoms. The van der Waals surface area contributed by atoms with Gasteiger partial charge in [-0.15, -0.1) is 24.8 Å².